The summed E-state index contributed by atoms with van der Waals surface area (Å²) in [5.41, 5.74) is 0. The highest BCUT2D eigenvalue weighted by Gasteiger charge is 2.03. The molecule has 0 spiro atoms. The van der Waals surface area contributed by atoms with Gasteiger partial charge < -0.3 is 6.92 Å². The van der Waals surface area contributed by atoms with Crippen LogP contribution in [0.1, 0.15) is 40.0 Å². The summed E-state index contributed by atoms with van der Waals surface area (Å²) >= 11 is 0. The van der Waals surface area contributed by atoms with E-state index < -0.39 is 0 Å². The highest BCUT2D eigenvalue weighted by atomic mass is 14.1. The van der Waals surface area contributed by atoms with Crippen LogP contribution in [0.4, 0.5) is 0 Å². The topological polar surface area (TPSA) is 0 Å². The van der Waals surface area contributed by atoms with Crippen LogP contribution < -0.4 is 0 Å². The lowest BCUT2D eigenvalue weighted by molar-refractivity contribution is 0.373. The summed E-state index contributed by atoms with van der Waals surface area (Å²) in [4.78, 5) is 0. The molecule has 9 heavy (non-hydrogen) atoms. The molecular formula is C9H19-. The maximum Gasteiger partial charge on any atom is -0.0529 e. The third-order valence-electron chi connectivity index (χ3n) is 1.99. The Hall–Kier alpha value is 0. The standard InChI is InChI=1S/C9H19/c1-5-7-9(6-2)8(3)4/h8-9H,3,5-7H2,1-2,4H3/q-1. The van der Waals surface area contributed by atoms with Crippen molar-refractivity contribution in [2.45, 2.75) is 40.0 Å². The predicted octanol–water partition coefficient (Wildman–Crippen LogP) is 3.28. The van der Waals surface area contributed by atoms with E-state index in [1.165, 1.54) is 19.3 Å². The van der Waals surface area contributed by atoms with E-state index in [0.29, 0.717) is 5.92 Å². The van der Waals surface area contributed by atoms with Crippen molar-refractivity contribution in [1.29, 1.82) is 0 Å². The molecule has 0 aromatic carbocycles. The van der Waals surface area contributed by atoms with Crippen LogP contribution in [0.2, 0.25) is 0 Å². The molecule has 0 bridgehead atoms. The van der Waals surface area contributed by atoms with Crippen LogP contribution in [0, 0.1) is 18.8 Å². The lowest BCUT2D eigenvalue weighted by Crippen LogP contribution is -2.06. The largest absolute Gasteiger partial charge is 0.340 e. The van der Waals surface area contributed by atoms with Crippen LogP contribution in [0.5, 0.6) is 0 Å². The van der Waals surface area contributed by atoms with Gasteiger partial charge in [0, 0.05) is 0 Å². The summed E-state index contributed by atoms with van der Waals surface area (Å²) in [5, 5.41) is 0. The Balaban J connectivity index is 3.41. The van der Waals surface area contributed by atoms with Crippen molar-refractivity contribution in [3.8, 4) is 0 Å². The molecule has 0 amide bonds. The molecule has 0 saturated heterocycles. The van der Waals surface area contributed by atoms with Gasteiger partial charge in [-0.25, -0.2) is 0 Å². The molecule has 0 aromatic heterocycles. The van der Waals surface area contributed by atoms with E-state index in [2.05, 4.69) is 27.7 Å². The number of hydrogen-bond donors (Lipinski definition) is 0. The average Bonchev–Trinajstić information content (AvgIpc) is 1.82. The van der Waals surface area contributed by atoms with Crippen molar-refractivity contribution in [2.24, 2.45) is 11.8 Å². The molecule has 0 saturated carbocycles. The smallest absolute Gasteiger partial charge is 0.0529 e. The predicted molar refractivity (Wildman–Crippen MR) is 43.2 cm³/mol. The summed E-state index contributed by atoms with van der Waals surface area (Å²) in [6.45, 7) is 10.7. The van der Waals surface area contributed by atoms with Crippen LogP contribution in [-0.2, 0) is 0 Å². The van der Waals surface area contributed by atoms with E-state index in [9.17, 15) is 0 Å². The summed E-state index contributed by atoms with van der Waals surface area (Å²) in [5.74, 6) is 1.49. The first kappa shape index (κ1) is 9.00. The summed E-state index contributed by atoms with van der Waals surface area (Å²) in [6, 6.07) is 0. The molecule has 0 nitrogen and oxygen atoms in total. The molecule has 0 rings (SSSR count). The molecule has 0 heteroatoms. The molecule has 0 aromatic rings. The van der Waals surface area contributed by atoms with Gasteiger partial charge in [0.15, 0.2) is 0 Å². The van der Waals surface area contributed by atoms with E-state index in [0.717, 1.165) is 5.92 Å². The Morgan fingerprint density at radius 1 is 1.33 bits per heavy atom. The van der Waals surface area contributed by atoms with E-state index in [4.69, 9.17) is 0 Å². The van der Waals surface area contributed by atoms with Crippen molar-refractivity contribution in [2.75, 3.05) is 0 Å². The minimum atomic E-state index is 0.634. The van der Waals surface area contributed by atoms with Crippen molar-refractivity contribution in [3.05, 3.63) is 6.92 Å². The number of rotatable bonds is 4. The monoisotopic (exact) mass is 127 g/mol. The molecule has 0 radical (unpaired) electrons. The van der Waals surface area contributed by atoms with E-state index in [1.807, 2.05) is 0 Å². The SMILES string of the molecule is [CH2-]C(C)C(CC)CCC. The molecule has 0 fully saturated rings. The first-order valence-electron chi connectivity index (χ1n) is 4.05. The Labute approximate surface area is 59.7 Å². The fourth-order valence-electron chi connectivity index (χ4n) is 1.26. The lowest BCUT2D eigenvalue weighted by Gasteiger charge is -2.23. The Bertz CT molecular complexity index is 55.1. The average molecular weight is 127 g/mol. The molecule has 0 heterocycles. The fourth-order valence-corrected chi connectivity index (χ4v) is 1.26. The minimum Gasteiger partial charge on any atom is -0.340 e. The molecular weight excluding hydrogens is 108 g/mol. The second kappa shape index (κ2) is 4.84. The van der Waals surface area contributed by atoms with Gasteiger partial charge in [-0.1, -0.05) is 46.0 Å². The third-order valence-corrected chi connectivity index (χ3v) is 1.99. The summed E-state index contributed by atoms with van der Waals surface area (Å²) < 4.78 is 0. The van der Waals surface area contributed by atoms with Gasteiger partial charge in [-0.15, -0.1) is 0 Å². The summed E-state index contributed by atoms with van der Waals surface area (Å²) in [7, 11) is 0. The van der Waals surface area contributed by atoms with Gasteiger partial charge >= 0.3 is 0 Å². The minimum absolute atomic E-state index is 0.634. The molecule has 56 valence electrons. The van der Waals surface area contributed by atoms with Crippen LogP contribution in [-0.4, -0.2) is 0 Å². The van der Waals surface area contributed by atoms with Gasteiger partial charge in [-0.05, 0) is 0 Å². The second-order valence-corrected chi connectivity index (χ2v) is 2.93. The van der Waals surface area contributed by atoms with Crippen LogP contribution in [0.25, 0.3) is 0 Å². The first-order valence-corrected chi connectivity index (χ1v) is 4.05. The van der Waals surface area contributed by atoms with Crippen LogP contribution in [0.3, 0.4) is 0 Å². The van der Waals surface area contributed by atoms with Crippen LogP contribution >= 0.6 is 0 Å². The van der Waals surface area contributed by atoms with Crippen molar-refractivity contribution in [1.82, 2.24) is 0 Å². The Morgan fingerprint density at radius 3 is 2.00 bits per heavy atom. The Kier molecular flexibility index (Phi) is 4.84. The first-order chi connectivity index (χ1) is 4.22. The van der Waals surface area contributed by atoms with E-state index in [-0.39, 0.29) is 0 Å². The van der Waals surface area contributed by atoms with Gasteiger partial charge in [0.1, 0.15) is 0 Å². The molecule has 0 aliphatic carbocycles. The van der Waals surface area contributed by atoms with Crippen molar-refractivity contribution < 1.29 is 0 Å². The summed E-state index contributed by atoms with van der Waals surface area (Å²) in [6.07, 6.45) is 3.94. The zero-order valence-electron chi connectivity index (χ0n) is 6.98. The normalized spacial score (nSPS) is 17.3. The van der Waals surface area contributed by atoms with Crippen molar-refractivity contribution >= 4 is 0 Å². The number of hydrogen-bond acceptors (Lipinski definition) is 0. The van der Waals surface area contributed by atoms with Gasteiger partial charge in [-0.2, -0.15) is 5.92 Å². The second-order valence-electron chi connectivity index (χ2n) is 2.93. The van der Waals surface area contributed by atoms with Gasteiger partial charge in [0.25, 0.3) is 0 Å². The van der Waals surface area contributed by atoms with Gasteiger partial charge in [0.2, 0.25) is 0 Å². The molecule has 2 atom stereocenters. The molecule has 0 N–H and O–H groups in total. The van der Waals surface area contributed by atoms with Gasteiger partial charge in [-0.3, -0.25) is 0 Å². The molecule has 0 aliphatic heterocycles. The highest BCUT2D eigenvalue weighted by Crippen LogP contribution is 2.19. The molecule has 2 unspecified atom stereocenters. The zero-order valence-corrected chi connectivity index (χ0v) is 6.98. The highest BCUT2D eigenvalue weighted by molar-refractivity contribution is 4.65. The maximum atomic E-state index is 4.03. The van der Waals surface area contributed by atoms with E-state index >= 15 is 0 Å². The van der Waals surface area contributed by atoms with Crippen LogP contribution in [0.15, 0.2) is 0 Å². The maximum absolute atomic E-state index is 4.03. The molecule has 0 aliphatic rings. The Morgan fingerprint density at radius 2 is 1.89 bits per heavy atom. The van der Waals surface area contributed by atoms with Gasteiger partial charge in [0.05, 0.1) is 0 Å². The lowest BCUT2D eigenvalue weighted by atomic mass is 9.89. The third kappa shape index (κ3) is 3.56. The van der Waals surface area contributed by atoms with Crippen molar-refractivity contribution in [3.63, 3.8) is 0 Å². The fraction of sp³-hybridized carbons (Fsp3) is 0.889. The zero-order chi connectivity index (χ0) is 7.28. The quantitative estimate of drug-likeness (QED) is 0.508. The van der Waals surface area contributed by atoms with E-state index in [1.54, 1.807) is 0 Å².